The maximum atomic E-state index is 12.7. The Bertz CT molecular complexity index is 804. The molecule has 2 amide bonds. The van der Waals surface area contributed by atoms with E-state index in [-0.39, 0.29) is 17.9 Å². The van der Waals surface area contributed by atoms with E-state index in [0.29, 0.717) is 44.2 Å². The van der Waals surface area contributed by atoms with E-state index in [1.165, 1.54) is 36.5 Å². The molecule has 4 rings (SSSR count). The Kier molecular flexibility index (Phi) is 5.48. The van der Waals surface area contributed by atoms with Crippen molar-refractivity contribution < 1.29 is 14.0 Å². The molecule has 148 valence electrons. The first-order valence-corrected chi connectivity index (χ1v) is 10.00. The summed E-state index contributed by atoms with van der Waals surface area (Å²) < 4.78 is 4.99. The largest absolute Gasteiger partial charge is 0.472 e. The fourth-order valence-electron chi connectivity index (χ4n) is 3.78. The minimum atomic E-state index is -0.00831. The van der Waals surface area contributed by atoms with Crippen molar-refractivity contribution in [1.29, 1.82) is 0 Å². The van der Waals surface area contributed by atoms with Crippen LogP contribution in [0, 0.1) is 12.8 Å². The number of benzene rings is 1. The molecule has 1 atom stereocenters. The van der Waals surface area contributed by atoms with Gasteiger partial charge in [0.1, 0.15) is 6.26 Å². The number of hydrogen-bond acceptors (Lipinski definition) is 4. The lowest BCUT2D eigenvalue weighted by atomic mass is 10.0. The molecule has 1 unspecified atom stereocenters. The van der Waals surface area contributed by atoms with E-state index in [1.54, 1.807) is 6.07 Å². The summed E-state index contributed by atoms with van der Waals surface area (Å²) >= 11 is 0. The molecule has 2 aliphatic rings. The van der Waals surface area contributed by atoms with E-state index in [2.05, 4.69) is 41.4 Å². The minimum absolute atomic E-state index is 0.00831. The molecule has 6 nitrogen and oxygen atoms in total. The van der Waals surface area contributed by atoms with Gasteiger partial charge in [0, 0.05) is 26.2 Å². The van der Waals surface area contributed by atoms with Crippen molar-refractivity contribution in [3.63, 3.8) is 0 Å². The molecular weight excluding hydrogens is 354 g/mol. The molecule has 28 heavy (non-hydrogen) atoms. The lowest BCUT2D eigenvalue weighted by molar-refractivity contribution is -0.123. The van der Waals surface area contributed by atoms with E-state index in [4.69, 9.17) is 4.42 Å². The molecule has 2 aromatic rings. The van der Waals surface area contributed by atoms with Crippen LogP contribution in [0.15, 0.2) is 47.3 Å². The van der Waals surface area contributed by atoms with Crippen LogP contribution in [0.5, 0.6) is 0 Å². The maximum Gasteiger partial charge on any atom is 0.257 e. The lowest BCUT2D eigenvalue weighted by Gasteiger charge is -2.34. The number of carbonyl (C=O) groups excluding carboxylic acids is 2. The van der Waals surface area contributed by atoms with Gasteiger partial charge in [-0.05, 0) is 37.3 Å². The molecule has 1 saturated heterocycles. The highest BCUT2D eigenvalue weighted by molar-refractivity contribution is 5.93. The summed E-state index contributed by atoms with van der Waals surface area (Å²) in [6, 6.07) is 10.3. The number of piperazine rings is 1. The van der Waals surface area contributed by atoms with Crippen molar-refractivity contribution in [2.45, 2.75) is 25.8 Å². The van der Waals surface area contributed by atoms with Crippen LogP contribution < -0.4 is 5.32 Å². The highest BCUT2D eigenvalue weighted by atomic mass is 16.3. The predicted octanol–water partition coefficient (Wildman–Crippen LogP) is 2.61. The monoisotopic (exact) mass is 381 g/mol. The summed E-state index contributed by atoms with van der Waals surface area (Å²) in [6.45, 7) is 5.11. The average Bonchev–Trinajstić information content (AvgIpc) is 3.40. The van der Waals surface area contributed by atoms with Crippen LogP contribution in [0.25, 0.3) is 0 Å². The van der Waals surface area contributed by atoms with Crippen LogP contribution in [0.4, 0.5) is 0 Å². The molecule has 1 aromatic carbocycles. The Hall–Kier alpha value is -2.60. The van der Waals surface area contributed by atoms with Crippen LogP contribution in [-0.4, -0.2) is 54.3 Å². The van der Waals surface area contributed by atoms with Gasteiger partial charge in [0.25, 0.3) is 5.91 Å². The van der Waals surface area contributed by atoms with E-state index in [9.17, 15) is 9.59 Å². The number of furan rings is 1. The SMILES string of the molecule is Cc1ccc(C(NC(=O)CN2CCN(C(=O)c3ccoc3)CC2)C2CC2)cc1. The summed E-state index contributed by atoms with van der Waals surface area (Å²) in [5, 5.41) is 3.24. The van der Waals surface area contributed by atoms with Crippen molar-refractivity contribution in [2.24, 2.45) is 5.92 Å². The Morgan fingerprint density at radius 3 is 2.43 bits per heavy atom. The van der Waals surface area contributed by atoms with Gasteiger partial charge < -0.3 is 14.6 Å². The minimum Gasteiger partial charge on any atom is -0.472 e. The predicted molar refractivity (Wildman–Crippen MR) is 106 cm³/mol. The average molecular weight is 381 g/mol. The second kappa shape index (κ2) is 8.19. The summed E-state index contributed by atoms with van der Waals surface area (Å²) in [7, 11) is 0. The Labute approximate surface area is 165 Å². The number of nitrogens with one attached hydrogen (secondary N) is 1. The first-order chi connectivity index (χ1) is 13.6. The second-order valence-corrected chi connectivity index (χ2v) is 7.87. The number of nitrogens with zero attached hydrogens (tertiary/aromatic N) is 2. The Morgan fingerprint density at radius 2 is 1.82 bits per heavy atom. The van der Waals surface area contributed by atoms with Crippen LogP contribution >= 0.6 is 0 Å². The van der Waals surface area contributed by atoms with Crippen LogP contribution in [0.3, 0.4) is 0 Å². The van der Waals surface area contributed by atoms with Gasteiger partial charge in [0.15, 0.2) is 0 Å². The summed E-state index contributed by atoms with van der Waals surface area (Å²) in [4.78, 5) is 29.0. The molecule has 1 aliphatic carbocycles. The van der Waals surface area contributed by atoms with E-state index in [1.807, 2.05) is 4.90 Å². The smallest absolute Gasteiger partial charge is 0.257 e. The van der Waals surface area contributed by atoms with Crippen LogP contribution in [0.1, 0.15) is 40.4 Å². The van der Waals surface area contributed by atoms with Crippen LogP contribution in [0.2, 0.25) is 0 Å². The van der Waals surface area contributed by atoms with Gasteiger partial charge in [-0.1, -0.05) is 29.8 Å². The molecule has 2 fully saturated rings. The topological polar surface area (TPSA) is 65.8 Å². The number of rotatable bonds is 6. The Balaban J connectivity index is 1.28. The normalized spacial score (nSPS) is 18.7. The van der Waals surface area contributed by atoms with Gasteiger partial charge in [-0.25, -0.2) is 0 Å². The van der Waals surface area contributed by atoms with Gasteiger partial charge in [0.05, 0.1) is 24.4 Å². The molecule has 1 N–H and O–H groups in total. The second-order valence-electron chi connectivity index (χ2n) is 7.87. The van der Waals surface area contributed by atoms with Gasteiger partial charge in [-0.2, -0.15) is 0 Å². The third-order valence-corrected chi connectivity index (χ3v) is 5.64. The lowest BCUT2D eigenvalue weighted by Crippen LogP contribution is -2.51. The number of amides is 2. The molecule has 0 radical (unpaired) electrons. The van der Waals surface area contributed by atoms with Gasteiger partial charge in [0.2, 0.25) is 5.91 Å². The van der Waals surface area contributed by atoms with E-state index >= 15 is 0 Å². The van der Waals surface area contributed by atoms with Crippen molar-refractivity contribution in [1.82, 2.24) is 15.1 Å². The fourth-order valence-corrected chi connectivity index (χ4v) is 3.78. The van der Waals surface area contributed by atoms with Gasteiger partial charge in [-0.3, -0.25) is 14.5 Å². The zero-order valence-electron chi connectivity index (χ0n) is 16.3. The van der Waals surface area contributed by atoms with E-state index in [0.717, 1.165) is 0 Å². The third kappa shape index (κ3) is 4.44. The van der Waals surface area contributed by atoms with Crippen molar-refractivity contribution in [2.75, 3.05) is 32.7 Å². The molecule has 0 spiro atoms. The van der Waals surface area contributed by atoms with Crippen molar-refractivity contribution in [3.8, 4) is 0 Å². The first-order valence-electron chi connectivity index (χ1n) is 10.00. The summed E-state index contributed by atoms with van der Waals surface area (Å²) in [5.74, 6) is 0.606. The highest BCUT2D eigenvalue weighted by Gasteiger charge is 2.34. The highest BCUT2D eigenvalue weighted by Crippen LogP contribution is 2.41. The zero-order valence-corrected chi connectivity index (χ0v) is 16.3. The number of aryl methyl sites for hydroxylation is 1. The zero-order chi connectivity index (χ0) is 19.5. The van der Waals surface area contributed by atoms with Crippen LogP contribution in [-0.2, 0) is 4.79 Å². The molecule has 2 heterocycles. The van der Waals surface area contributed by atoms with Gasteiger partial charge in [-0.15, -0.1) is 0 Å². The molecule has 6 heteroatoms. The van der Waals surface area contributed by atoms with Gasteiger partial charge >= 0.3 is 0 Å². The molecular formula is C22H27N3O3. The molecule has 1 aromatic heterocycles. The van der Waals surface area contributed by atoms with E-state index < -0.39 is 0 Å². The Morgan fingerprint density at radius 1 is 1.11 bits per heavy atom. The maximum absolute atomic E-state index is 12.7. The quantitative estimate of drug-likeness (QED) is 0.835. The third-order valence-electron chi connectivity index (χ3n) is 5.64. The fraction of sp³-hybridized carbons (Fsp3) is 0.455. The molecule has 1 aliphatic heterocycles. The molecule has 1 saturated carbocycles. The number of carbonyl (C=O) groups is 2. The van der Waals surface area contributed by atoms with Crippen molar-refractivity contribution in [3.05, 3.63) is 59.5 Å². The molecule has 0 bridgehead atoms. The number of hydrogen-bond donors (Lipinski definition) is 1. The summed E-state index contributed by atoms with van der Waals surface area (Å²) in [6.07, 6.45) is 5.34. The summed E-state index contributed by atoms with van der Waals surface area (Å²) in [5.41, 5.74) is 3.00. The van der Waals surface area contributed by atoms with Crippen molar-refractivity contribution >= 4 is 11.8 Å². The standard InChI is InChI=1S/C22H27N3O3/c1-16-2-4-17(5-3-16)21(18-6-7-18)23-20(26)14-24-9-11-25(12-10-24)22(27)19-8-13-28-15-19/h2-5,8,13,15,18,21H,6-7,9-12,14H2,1H3,(H,23,26). The first kappa shape index (κ1) is 18.7.